The quantitative estimate of drug-likeness (QED) is 0.677. The van der Waals surface area contributed by atoms with Crippen LogP contribution < -0.4 is 5.32 Å². The van der Waals surface area contributed by atoms with Crippen molar-refractivity contribution in [3.8, 4) is 0 Å². The van der Waals surface area contributed by atoms with Crippen molar-refractivity contribution in [2.24, 2.45) is 0 Å². The third-order valence-corrected chi connectivity index (χ3v) is 2.44. The van der Waals surface area contributed by atoms with Crippen LogP contribution in [0.3, 0.4) is 0 Å². The summed E-state index contributed by atoms with van der Waals surface area (Å²) >= 11 is 0. The largest absolute Gasteiger partial charge is 0.396 e. The van der Waals surface area contributed by atoms with Gasteiger partial charge in [-0.1, -0.05) is 0 Å². The highest BCUT2D eigenvalue weighted by molar-refractivity contribution is 5.98. The maximum absolute atomic E-state index is 11.7. The molecule has 1 amide bonds. The van der Waals surface area contributed by atoms with Crippen molar-refractivity contribution in [3.63, 3.8) is 0 Å². The topological polar surface area (TPSA) is 65.1 Å². The van der Waals surface area contributed by atoms with Crippen molar-refractivity contribution in [1.29, 1.82) is 0 Å². The summed E-state index contributed by atoms with van der Waals surface area (Å²) in [6.07, 6.45) is 2.43. The van der Waals surface area contributed by atoms with Gasteiger partial charge < -0.3 is 15.4 Å². The van der Waals surface area contributed by atoms with E-state index in [9.17, 15) is 4.79 Å². The van der Waals surface area contributed by atoms with E-state index in [0.29, 0.717) is 18.5 Å². The van der Waals surface area contributed by atoms with Gasteiger partial charge >= 0.3 is 0 Å². The van der Waals surface area contributed by atoms with E-state index in [2.05, 4.69) is 10.3 Å². The van der Waals surface area contributed by atoms with Gasteiger partial charge in [0.15, 0.2) is 0 Å². The van der Waals surface area contributed by atoms with Gasteiger partial charge in [0, 0.05) is 35.8 Å². The lowest BCUT2D eigenvalue weighted by Crippen LogP contribution is -2.24. The van der Waals surface area contributed by atoms with Gasteiger partial charge in [-0.3, -0.25) is 4.79 Å². The van der Waals surface area contributed by atoms with Crippen LogP contribution in [0.4, 0.5) is 0 Å². The molecule has 0 fully saturated rings. The lowest BCUT2D eigenvalue weighted by Gasteiger charge is -2.03. The van der Waals surface area contributed by atoms with Crippen molar-refractivity contribution in [3.05, 3.63) is 36.0 Å². The maximum atomic E-state index is 11.7. The molecule has 16 heavy (non-hydrogen) atoms. The number of aliphatic hydroxyl groups excluding tert-OH is 1. The number of aromatic amines is 1. The van der Waals surface area contributed by atoms with Gasteiger partial charge in [0.25, 0.3) is 5.91 Å². The summed E-state index contributed by atoms with van der Waals surface area (Å²) in [6, 6.07) is 7.45. The number of hydrogen-bond acceptors (Lipinski definition) is 2. The molecule has 2 aromatic rings. The summed E-state index contributed by atoms with van der Waals surface area (Å²) in [5, 5.41) is 12.4. The highest BCUT2D eigenvalue weighted by Gasteiger charge is 2.05. The number of rotatable bonds is 4. The molecule has 0 bridgehead atoms. The Morgan fingerprint density at radius 2 is 2.25 bits per heavy atom. The zero-order valence-corrected chi connectivity index (χ0v) is 8.86. The second-order valence-electron chi connectivity index (χ2n) is 3.61. The van der Waals surface area contributed by atoms with E-state index in [1.54, 1.807) is 6.07 Å². The molecule has 4 heteroatoms. The van der Waals surface area contributed by atoms with Crippen molar-refractivity contribution < 1.29 is 9.90 Å². The first-order valence-corrected chi connectivity index (χ1v) is 5.27. The normalized spacial score (nSPS) is 10.6. The Balaban J connectivity index is 2.10. The third kappa shape index (κ3) is 2.23. The fraction of sp³-hybridized carbons (Fsp3) is 0.250. The third-order valence-electron chi connectivity index (χ3n) is 2.44. The van der Waals surface area contributed by atoms with Gasteiger partial charge in [-0.15, -0.1) is 0 Å². The van der Waals surface area contributed by atoms with Crippen molar-refractivity contribution in [2.75, 3.05) is 13.2 Å². The van der Waals surface area contributed by atoms with Crippen molar-refractivity contribution >= 4 is 16.8 Å². The number of H-pyrrole nitrogens is 1. The minimum Gasteiger partial charge on any atom is -0.396 e. The molecule has 0 unspecified atom stereocenters. The Kier molecular flexibility index (Phi) is 3.22. The molecule has 0 aliphatic carbocycles. The van der Waals surface area contributed by atoms with E-state index >= 15 is 0 Å². The average Bonchev–Trinajstić information content (AvgIpc) is 2.76. The first-order chi connectivity index (χ1) is 7.81. The number of carbonyl (C=O) groups is 1. The highest BCUT2D eigenvalue weighted by atomic mass is 16.3. The summed E-state index contributed by atoms with van der Waals surface area (Å²) in [5.41, 5.74) is 1.66. The van der Waals surface area contributed by atoms with Gasteiger partial charge in [0.1, 0.15) is 0 Å². The maximum Gasteiger partial charge on any atom is 0.251 e. The first-order valence-electron chi connectivity index (χ1n) is 5.27. The summed E-state index contributed by atoms with van der Waals surface area (Å²) in [7, 11) is 0. The zero-order chi connectivity index (χ0) is 11.4. The lowest BCUT2D eigenvalue weighted by molar-refractivity contribution is 0.0951. The van der Waals surface area contributed by atoms with Crippen LogP contribution in [0.15, 0.2) is 30.5 Å². The number of benzene rings is 1. The Morgan fingerprint density at radius 1 is 1.38 bits per heavy atom. The van der Waals surface area contributed by atoms with E-state index in [1.165, 1.54) is 0 Å². The Morgan fingerprint density at radius 3 is 3.06 bits per heavy atom. The molecular weight excluding hydrogens is 204 g/mol. The number of hydrogen-bond donors (Lipinski definition) is 3. The number of aliphatic hydroxyl groups is 1. The summed E-state index contributed by atoms with van der Waals surface area (Å²) in [6.45, 7) is 0.595. The van der Waals surface area contributed by atoms with Gasteiger partial charge in [-0.2, -0.15) is 0 Å². The Labute approximate surface area is 93.3 Å². The molecule has 0 spiro atoms. The van der Waals surface area contributed by atoms with Gasteiger partial charge in [-0.05, 0) is 30.7 Å². The van der Waals surface area contributed by atoms with Crippen LogP contribution in [0, 0.1) is 0 Å². The Bertz CT molecular complexity index is 490. The van der Waals surface area contributed by atoms with Gasteiger partial charge in [0.2, 0.25) is 0 Å². The summed E-state index contributed by atoms with van der Waals surface area (Å²) in [5.74, 6) is -0.100. The van der Waals surface area contributed by atoms with Crippen LogP contribution in [-0.2, 0) is 0 Å². The van der Waals surface area contributed by atoms with Gasteiger partial charge in [0.05, 0.1) is 0 Å². The molecule has 0 aliphatic heterocycles. The monoisotopic (exact) mass is 218 g/mol. The highest BCUT2D eigenvalue weighted by Crippen LogP contribution is 2.13. The van der Waals surface area contributed by atoms with E-state index < -0.39 is 0 Å². The molecule has 1 heterocycles. The van der Waals surface area contributed by atoms with E-state index in [-0.39, 0.29) is 12.5 Å². The lowest BCUT2D eigenvalue weighted by atomic mass is 10.1. The van der Waals surface area contributed by atoms with E-state index in [1.807, 2.05) is 24.4 Å². The van der Waals surface area contributed by atoms with Crippen molar-refractivity contribution in [2.45, 2.75) is 6.42 Å². The molecule has 2 rings (SSSR count). The minimum absolute atomic E-state index is 0.0944. The molecule has 0 aliphatic rings. The fourth-order valence-corrected chi connectivity index (χ4v) is 1.58. The van der Waals surface area contributed by atoms with Crippen LogP contribution >= 0.6 is 0 Å². The van der Waals surface area contributed by atoms with Crippen LogP contribution in [0.1, 0.15) is 16.8 Å². The number of aromatic nitrogens is 1. The van der Waals surface area contributed by atoms with Crippen LogP contribution in [0.25, 0.3) is 10.9 Å². The molecule has 1 aromatic carbocycles. The Hall–Kier alpha value is -1.81. The second kappa shape index (κ2) is 4.81. The average molecular weight is 218 g/mol. The molecule has 1 aromatic heterocycles. The number of fused-ring (bicyclic) bond motifs is 1. The summed E-state index contributed by atoms with van der Waals surface area (Å²) in [4.78, 5) is 14.8. The molecule has 0 saturated heterocycles. The second-order valence-corrected chi connectivity index (χ2v) is 3.61. The molecule has 84 valence electrons. The predicted molar refractivity (Wildman–Crippen MR) is 62.3 cm³/mol. The van der Waals surface area contributed by atoms with Gasteiger partial charge in [-0.25, -0.2) is 0 Å². The van der Waals surface area contributed by atoms with Crippen LogP contribution in [-0.4, -0.2) is 29.1 Å². The zero-order valence-electron chi connectivity index (χ0n) is 8.86. The van der Waals surface area contributed by atoms with E-state index in [0.717, 1.165) is 10.9 Å². The molecular formula is C12H14N2O2. The number of carbonyl (C=O) groups excluding carboxylic acids is 1. The summed E-state index contributed by atoms with van der Waals surface area (Å²) < 4.78 is 0. The predicted octanol–water partition coefficient (Wildman–Crippen LogP) is 1.28. The van der Waals surface area contributed by atoms with Crippen LogP contribution in [0.5, 0.6) is 0 Å². The van der Waals surface area contributed by atoms with Crippen molar-refractivity contribution in [1.82, 2.24) is 10.3 Å². The molecule has 0 saturated carbocycles. The SMILES string of the molecule is O=C(NCCCO)c1ccc2[nH]ccc2c1. The fourth-order valence-electron chi connectivity index (χ4n) is 1.58. The molecule has 0 radical (unpaired) electrons. The minimum atomic E-state index is -0.100. The molecule has 3 N–H and O–H groups in total. The number of nitrogens with one attached hydrogen (secondary N) is 2. The standard InChI is InChI=1S/C12H14N2O2/c15-7-1-5-14-12(16)10-2-3-11-9(8-10)4-6-13-11/h2-4,6,8,13,15H,1,5,7H2,(H,14,16). The van der Waals surface area contributed by atoms with E-state index in [4.69, 9.17) is 5.11 Å². The molecule has 4 nitrogen and oxygen atoms in total. The smallest absolute Gasteiger partial charge is 0.251 e. The number of amides is 1. The van der Waals surface area contributed by atoms with Crippen LogP contribution in [0.2, 0.25) is 0 Å². The molecule has 0 atom stereocenters. The first kappa shape index (κ1) is 10.7.